The molecule has 3 N–H and O–H groups in total. The van der Waals surface area contributed by atoms with Gasteiger partial charge in [-0.25, -0.2) is 0 Å². The van der Waals surface area contributed by atoms with E-state index in [4.69, 9.17) is 5.73 Å². The van der Waals surface area contributed by atoms with Gasteiger partial charge in [0.15, 0.2) is 0 Å². The molecule has 1 fully saturated rings. The van der Waals surface area contributed by atoms with Gasteiger partial charge in [0.1, 0.15) is 12.1 Å². The van der Waals surface area contributed by atoms with Crippen molar-refractivity contribution < 1.29 is 14.4 Å². The standard InChI is InChI=1S/C24H31N3O3/c1-24(2,3)15-21(28)27-12-6-9-20(27)23(30)26-19(22(25)29)14-16-10-11-17-7-4-5-8-18(17)13-16/h4-5,7-8,10-11,13,19-20H,6,9,12,14-15H2,1-3H3,(H2,25,29)(H,26,30)/t19?,20-/m0/s1. The van der Waals surface area contributed by atoms with E-state index in [2.05, 4.69) is 5.32 Å². The molecule has 2 aromatic rings. The van der Waals surface area contributed by atoms with Crippen molar-refractivity contribution in [1.29, 1.82) is 0 Å². The average Bonchev–Trinajstić information content (AvgIpc) is 3.16. The highest BCUT2D eigenvalue weighted by atomic mass is 16.2. The lowest BCUT2D eigenvalue weighted by Gasteiger charge is -2.28. The molecule has 0 spiro atoms. The van der Waals surface area contributed by atoms with E-state index in [-0.39, 0.29) is 17.2 Å². The van der Waals surface area contributed by atoms with Crippen LogP contribution in [0.5, 0.6) is 0 Å². The van der Waals surface area contributed by atoms with Crippen molar-refractivity contribution >= 4 is 28.5 Å². The van der Waals surface area contributed by atoms with Crippen LogP contribution in [0.2, 0.25) is 0 Å². The molecule has 0 bridgehead atoms. The Morgan fingerprint density at radius 2 is 1.83 bits per heavy atom. The largest absolute Gasteiger partial charge is 0.368 e. The highest BCUT2D eigenvalue weighted by Crippen LogP contribution is 2.25. The van der Waals surface area contributed by atoms with Crippen LogP contribution in [0.25, 0.3) is 10.8 Å². The lowest BCUT2D eigenvalue weighted by molar-refractivity contribution is -0.140. The minimum Gasteiger partial charge on any atom is -0.368 e. The predicted octanol–water partition coefficient (Wildman–Crippen LogP) is 2.78. The number of carbonyl (C=O) groups is 3. The summed E-state index contributed by atoms with van der Waals surface area (Å²) in [7, 11) is 0. The van der Waals surface area contributed by atoms with Crippen molar-refractivity contribution in [3.8, 4) is 0 Å². The molecule has 6 nitrogen and oxygen atoms in total. The second-order valence-corrected chi connectivity index (χ2v) is 9.33. The molecule has 1 aliphatic heterocycles. The lowest BCUT2D eigenvalue weighted by atomic mass is 9.91. The molecule has 2 aromatic carbocycles. The van der Waals surface area contributed by atoms with E-state index in [0.29, 0.717) is 25.8 Å². The van der Waals surface area contributed by atoms with Gasteiger partial charge in [-0.1, -0.05) is 63.2 Å². The first-order valence-electron chi connectivity index (χ1n) is 10.5. The summed E-state index contributed by atoms with van der Waals surface area (Å²) < 4.78 is 0. The first-order chi connectivity index (χ1) is 14.1. The van der Waals surface area contributed by atoms with Crippen LogP contribution in [0.1, 0.15) is 45.6 Å². The van der Waals surface area contributed by atoms with E-state index in [0.717, 1.165) is 22.8 Å². The Hall–Kier alpha value is -2.89. The summed E-state index contributed by atoms with van der Waals surface area (Å²) in [5.74, 6) is -0.910. The van der Waals surface area contributed by atoms with Crippen molar-refractivity contribution in [3.05, 3.63) is 48.0 Å². The molecule has 0 aliphatic carbocycles. The van der Waals surface area contributed by atoms with Gasteiger partial charge in [-0.05, 0) is 34.6 Å². The molecule has 0 radical (unpaired) electrons. The number of nitrogens with one attached hydrogen (secondary N) is 1. The third kappa shape index (κ3) is 5.38. The predicted molar refractivity (Wildman–Crippen MR) is 118 cm³/mol. The summed E-state index contributed by atoms with van der Waals surface area (Å²) in [5.41, 5.74) is 6.36. The Kier molecular flexibility index (Phi) is 6.44. The number of likely N-dealkylation sites (tertiary alicyclic amines) is 1. The minimum atomic E-state index is -0.821. The molecule has 1 unspecified atom stereocenters. The fourth-order valence-electron chi connectivity index (χ4n) is 3.99. The van der Waals surface area contributed by atoms with E-state index in [1.165, 1.54) is 0 Å². The highest BCUT2D eigenvalue weighted by molar-refractivity contribution is 5.92. The number of nitrogens with zero attached hydrogens (tertiary/aromatic N) is 1. The molecular weight excluding hydrogens is 378 g/mol. The van der Waals surface area contributed by atoms with E-state index < -0.39 is 18.0 Å². The number of fused-ring (bicyclic) bond motifs is 1. The average molecular weight is 410 g/mol. The zero-order valence-corrected chi connectivity index (χ0v) is 18.0. The molecule has 2 atom stereocenters. The Morgan fingerprint density at radius 1 is 1.13 bits per heavy atom. The van der Waals surface area contributed by atoms with Crippen molar-refractivity contribution in [1.82, 2.24) is 10.2 Å². The number of hydrogen-bond acceptors (Lipinski definition) is 3. The van der Waals surface area contributed by atoms with Gasteiger partial charge in [0.25, 0.3) is 0 Å². The van der Waals surface area contributed by atoms with Crippen LogP contribution >= 0.6 is 0 Å². The SMILES string of the molecule is CC(C)(C)CC(=O)N1CCC[C@H]1C(=O)NC(Cc1ccc2ccccc2c1)C(N)=O. The Morgan fingerprint density at radius 3 is 2.50 bits per heavy atom. The fraction of sp³-hybridized carbons (Fsp3) is 0.458. The van der Waals surface area contributed by atoms with Crippen LogP contribution in [0.3, 0.4) is 0 Å². The third-order valence-corrected chi connectivity index (χ3v) is 5.47. The summed E-state index contributed by atoms with van der Waals surface area (Å²) >= 11 is 0. The summed E-state index contributed by atoms with van der Waals surface area (Å²) in [6.45, 7) is 6.58. The van der Waals surface area contributed by atoms with Gasteiger partial charge in [-0.2, -0.15) is 0 Å². The van der Waals surface area contributed by atoms with Crippen molar-refractivity contribution in [3.63, 3.8) is 0 Å². The maximum Gasteiger partial charge on any atom is 0.243 e. The van der Waals surface area contributed by atoms with Gasteiger partial charge < -0.3 is 16.0 Å². The smallest absolute Gasteiger partial charge is 0.243 e. The molecule has 1 saturated heterocycles. The van der Waals surface area contributed by atoms with Crippen LogP contribution in [0, 0.1) is 5.41 Å². The number of nitrogens with two attached hydrogens (primary N) is 1. The van der Waals surface area contributed by atoms with Crippen molar-refractivity contribution in [2.75, 3.05) is 6.54 Å². The summed E-state index contributed by atoms with van der Waals surface area (Å²) in [5, 5.41) is 4.98. The molecule has 30 heavy (non-hydrogen) atoms. The molecule has 6 heteroatoms. The Bertz CT molecular complexity index is 948. The first-order valence-corrected chi connectivity index (χ1v) is 10.5. The second-order valence-electron chi connectivity index (χ2n) is 9.33. The van der Waals surface area contributed by atoms with Crippen LogP contribution in [0.15, 0.2) is 42.5 Å². The van der Waals surface area contributed by atoms with E-state index in [1.54, 1.807) is 4.90 Å². The minimum absolute atomic E-state index is 0.0229. The second kappa shape index (κ2) is 8.86. The number of hydrogen-bond donors (Lipinski definition) is 2. The molecule has 1 aliphatic rings. The summed E-state index contributed by atoms with van der Waals surface area (Å²) in [6, 6.07) is 12.5. The molecule has 0 saturated carbocycles. The monoisotopic (exact) mass is 409 g/mol. The first kappa shape index (κ1) is 21.8. The zero-order valence-electron chi connectivity index (χ0n) is 18.0. The number of benzene rings is 2. The van der Waals surface area contributed by atoms with Gasteiger partial charge in [-0.15, -0.1) is 0 Å². The number of rotatable bonds is 6. The Labute approximate surface area is 177 Å². The fourth-order valence-corrected chi connectivity index (χ4v) is 3.99. The van der Waals surface area contributed by atoms with Gasteiger partial charge >= 0.3 is 0 Å². The normalized spacial score (nSPS) is 17.7. The topological polar surface area (TPSA) is 92.5 Å². The maximum atomic E-state index is 12.9. The van der Waals surface area contributed by atoms with Crippen molar-refractivity contribution in [2.24, 2.45) is 11.1 Å². The number of primary amides is 1. The molecule has 1 heterocycles. The van der Waals surface area contributed by atoms with Crippen molar-refractivity contribution in [2.45, 2.75) is 58.5 Å². The molecule has 0 aromatic heterocycles. The molecule has 3 rings (SSSR count). The lowest BCUT2D eigenvalue weighted by Crippen LogP contribution is -2.53. The van der Waals surface area contributed by atoms with Gasteiger partial charge in [0.05, 0.1) is 0 Å². The van der Waals surface area contributed by atoms with E-state index in [1.807, 2.05) is 63.2 Å². The number of carbonyl (C=O) groups excluding carboxylic acids is 3. The van der Waals surface area contributed by atoms with Crippen LogP contribution in [-0.4, -0.2) is 41.2 Å². The van der Waals surface area contributed by atoms with Crippen LogP contribution in [-0.2, 0) is 20.8 Å². The van der Waals surface area contributed by atoms with E-state index in [9.17, 15) is 14.4 Å². The van der Waals surface area contributed by atoms with E-state index >= 15 is 0 Å². The zero-order chi connectivity index (χ0) is 21.9. The quantitative estimate of drug-likeness (QED) is 0.768. The van der Waals surface area contributed by atoms with Crippen LogP contribution in [0.4, 0.5) is 0 Å². The van der Waals surface area contributed by atoms with Crippen LogP contribution < -0.4 is 11.1 Å². The molecule has 160 valence electrons. The third-order valence-electron chi connectivity index (χ3n) is 5.47. The summed E-state index contributed by atoms with van der Waals surface area (Å²) in [6.07, 6.45) is 2.07. The van der Waals surface area contributed by atoms with Gasteiger partial charge in [0.2, 0.25) is 17.7 Å². The summed E-state index contributed by atoms with van der Waals surface area (Å²) in [4.78, 5) is 39.3. The number of amides is 3. The Balaban J connectivity index is 1.70. The molecular formula is C24H31N3O3. The maximum absolute atomic E-state index is 12.9. The van der Waals surface area contributed by atoms with Gasteiger partial charge in [0, 0.05) is 19.4 Å². The van der Waals surface area contributed by atoms with Gasteiger partial charge in [-0.3, -0.25) is 14.4 Å². The highest BCUT2D eigenvalue weighted by Gasteiger charge is 2.36. The molecule has 3 amide bonds.